The van der Waals surface area contributed by atoms with E-state index in [1.807, 2.05) is 50.2 Å². The SMILES string of the molecule is CCn1ncc(NC(=O)Cn2nc(C)c3c(-c4ccccc4)ccnc32)c1C(=O)N(C)C. The zero-order valence-electron chi connectivity index (χ0n) is 18.5. The van der Waals surface area contributed by atoms with Crippen LogP contribution in [0.25, 0.3) is 22.2 Å². The molecule has 0 atom stereocenters. The second kappa shape index (κ2) is 8.62. The van der Waals surface area contributed by atoms with E-state index in [0.29, 0.717) is 23.6 Å². The van der Waals surface area contributed by atoms with Crippen LogP contribution in [0.2, 0.25) is 0 Å². The number of aryl methyl sites for hydroxylation is 2. The number of benzene rings is 1. The molecule has 0 saturated heterocycles. The molecule has 2 amide bonds. The molecule has 0 aliphatic heterocycles. The van der Waals surface area contributed by atoms with Crippen LogP contribution in [-0.2, 0) is 17.9 Å². The van der Waals surface area contributed by atoms with E-state index >= 15 is 0 Å². The molecule has 164 valence electrons. The van der Waals surface area contributed by atoms with Crippen LogP contribution in [0, 0.1) is 6.92 Å². The zero-order valence-corrected chi connectivity index (χ0v) is 18.5. The number of carbonyl (C=O) groups is 2. The van der Waals surface area contributed by atoms with E-state index in [-0.39, 0.29) is 18.4 Å². The summed E-state index contributed by atoms with van der Waals surface area (Å²) in [5.41, 5.74) is 4.22. The van der Waals surface area contributed by atoms with Gasteiger partial charge in [-0.3, -0.25) is 14.3 Å². The van der Waals surface area contributed by atoms with Crippen LogP contribution in [0.5, 0.6) is 0 Å². The Morgan fingerprint density at radius 1 is 1.09 bits per heavy atom. The molecule has 9 nitrogen and oxygen atoms in total. The summed E-state index contributed by atoms with van der Waals surface area (Å²) in [5.74, 6) is -0.543. The zero-order chi connectivity index (χ0) is 22.8. The number of anilines is 1. The van der Waals surface area contributed by atoms with Crippen molar-refractivity contribution in [1.29, 1.82) is 0 Å². The monoisotopic (exact) mass is 431 g/mol. The minimum atomic E-state index is -0.315. The quantitative estimate of drug-likeness (QED) is 0.506. The van der Waals surface area contributed by atoms with Gasteiger partial charge in [0.1, 0.15) is 12.2 Å². The Kier molecular flexibility index (Phi) is 5.72. The van der Waals surface area contributed by atoms with Crippen LogP contribution in [0.1, 0.15) is 23.1 Å². The molecule has 32 heavy (non-hydrogen) atoms. The molecule has 1 aromatic carbocycles. The average molecular weight is 432 g/mol. The standard InChI is InChI=1S/C23H25N7O2/c1-5-29-21(23(32)28(3)4)18(13-25-29)26-19(31)14-30-22-20(15(2)27-30)17(11-12-24-22)16-9-7-6-8-10-16/h6-13H,5,14H2,1-4H3,(H,26,31). The predicted octanol–water partition coefficient (Wildman–Crippen LogP) is 2.96. The summed E-state index contributed by atoms with van der Waals surface area (Å²) in [5, 5.41) is 12.5. The highest BCUT2D eigenvalue weighted by Gasteiger charge is 2.22. The number of nitrogens with zero attached hydrogens (tertiary/aromatic N) is 6. The topological polar surface area (TPSA) is 97.9 Å². The summed E-state index contributed by atoms with van der Waals surface area (Å²) in [7, 11) is 3.32. The maximum absolute atomic E-state index is 12.9. The Hall–Kier alpha value is -4.01. The molecule has 0 spiro atoms. The van der Waals surface area contributed by atoms with E-state index in [2.05, 4.69) is 20.5 Å². The Labute approximate surface area is 185 Å². The lowest BCUT2D eigenvalue weighted by Crippen LogP contribution is -2.27. The summed E-state index contributed by atoms with van der Waals surface area (Å²) in [4.78, 5) is 31.4. The molecule has 0 radical (unpaired) electrons. The van der Waals surface area contributed by atoms with E-state index in [9.17, 15) is 9.59 Å². The van der Waals surface area contributed by atoms with Gasteiger partial charge in [0.25, 0.3) is 5.91 Å². The van der Waals surface area contributed by atoms with Crippen molar-refractivity contribution >= 4 is 28.5 Å². The molecule has 0 unspecified atom stereocenters. The van der Waals surface area contributed by atoms with Crippen molar-refractivity contribution in [3.8, 4) is 11.1 Å². The Morgan fingerprint density at radius 3 is 2.53 bits per heavy atom. The lowest BCUT2D eigenvalue weighted by Gasteiger charge is -2.13. The summed E-state index contributed by atoms with van der Waals surface area (Å²) in [6, 6.07) is 12.0. The lowest BCUT2D eigenvalue weighted by molar-refractivity contribution is -0.116. The molecule has 0 bridgehead atoms. The van der Waals surface area contributed by atoms with Crippen molar-refractivity contribution < 1.29 is 9.59 Å². The van der Waals surface area contributed by atoms with Crippen LogP contribution < -0.4 is 5.32 Å². The number of carbonyl (C=O) groups excluding carboxylic acids is 2. The molecule has 0 fully saturated rings. The third-order valence-corrected chi connectivity index (χ3v) is 5.21. The number of hydrogen-bond acceptors (Lipinski definition) is 5. The third-order valence-electron chi connectivity index (χ3n) is 5.21. The fourth-order valence-electron chi connectivity index (χ4n) is 3.73. The molecule has 0 aliphatic rings. The van der Waals surface area contributed by atoms with E-state index in [0.717, 1.165) is 22.2 Å². The number of nitrogens with one attached hydrogen (secondary N) is 1. The average Bonchev–Trinajstić information content (AvgIpc) is 3.34. The van der Waals surface area contributed by atoms with Gasteiger partial charge >= 0.3 is 0 Å². The molecule has 1 N–H and O–H groups in total. The van der Waals surface area contributed by atoms with Crippen molar-refractivity contribution in [1.82, 2.24) is 29.4 Å². The normalized spacial score (nSPS) is 11.0. The first-order chi connectivity index (χ1) is 15.4. The number of amides is 2. The summed E-state index contributed by atoms with van der Waals surface area (Å²) < 4.78 is 3.16. The number of hydrogen-bond donors (Lipinski definition) is 1. The molecule has 0 saturated carbocycles. The van der Waals surface area contributed by atoms with Gasteiger partial charge in [-0.15, -0.1) is 0 Å². The number of fused-ring (bicyclic) bond motifs is 1. The molecule has 3 aromatic heterocycles. The third kappa shape index (κ3) is 3.84. The minimum Gasteiger partial charge on any atom is -0.343 e. The number of pyridine rings is 1. The highest BCUT2D eigenvalue weighted by Crippen LogP contribution is 2.29. The van der Waals surface area contributed by atoms with Gasteiger partial charge in [-0.2, -0.15) is 10.2 Å². The van der Waals surface area contributed by atoms with Gasteiger partial charge in [0.2, 0.25) is 5.91 Å². The first-order valence-corrected chi connectivity index (χ1v) is 10.4. The van der Waals surface area contributed by atoms with Crippen molar-refractivity contribution in [2.75, 3.05) is 19.4 Å². The maximum atomic E-state index is 12.9. The minimum absolute atomic E-state index is 0.0392. The smallest absolute Gasteiger partial charge is 0.273 e. The van der Waals surface area contributed by atoms with Crippen molar-refractivity contribution in [3.05, 3.63) is 60.2 Å². The van der Waals surface area contributed by atoms with Gasteiger partial charge in [-0.05, 0) is 31.0 Å². The number of aromatic nitrogens is 5. The van der Waals surface area contributed by atoms with Crippen molar-refractivity contribution in [2.24, 2.45) is 0 Å². The molecule has 4 rings (SSSR count). The van der Waals surface area contributed by atoms with Crippen LogP contribution in [0.15, 0.2) is 48.8 Å². The van der Waals surface area contributed by atoms with Gasteiger partial charge < -0.3 is 10.2 Å². The maximum Gasteiger partial charge on any atom is 0.273 e. The number of rotatable bonds is 6. The van der Waals surface area contributed by atoms with Crippen molar-refractivity contribution in [3.63, 3.8) is 0 Å². The fourth-order valence-corrected chi connectivity index (χ4v) is 3.73. The Morgan fingerprint density at radius 2 is 1.84 bits per heavy atom. The van der Waals surface area contributed by atoms with E-state index < -0.39 is 0 Å². The van der Waals surface area contributed by atoms with Crippen LogP contribution in [0.4, 0.5) is 5.69 Å². The second-order valence-electron chi connectivity index (χ2n) is 7.64. The molecule has 3 heterocycles. The van der Waals surface area contributed by atoms with E-state index in [1.54, 1.807) is 29.7 Å². The van der Waals surface area contributed by atoms with Gasteiger partial charge in [0, 0.05) is 32.2 Å². The van der Waals surface area contributed by atoms with Gasteiger partial charge in [-0.25, -0.2) is 9.67 Å². The highest BCUT2D eigenvalue weighted by atomic mass is 16.2. The van der Waals surface area contributed by atoms with Crippen molar-refractivity contribution in [2.45, 2.75) is 26.9 Å². The largest absolute Gasteiger partial charge is 0.343 e. The Bertz CT molecular complexity index is 1290. The second-order valence-corrected chi connectivity index (χ2v) is 7.64. The summed E-state index contributed by atoms with van der Waals surface area (Å²) in [6.07, 6.45) is 3.22. The highest BCUT2D eigenvalue weighted by molar-refractivity contribution is 6.02. The summed E-state index contributed by atoms with van der Waals surface area (Å²) in [6.45, 7) is 4.27. The van der Waals surface area contributed by atoms with Gasteiger partial charge in [0.05, 0.1) is 17.6 Å². The van der Waals surface area contributed by atoms with Gasteiger partial charge in [0.15, 0.2) is 5.65 Å². The predicted molar refractivity (Wildman–Crippen MR) is 122 cm³/mol. The molecular weight excluding hydrogens is 406 g/mol. The van der Waals surface area contributed by atoms with Crippen LogP contribution >= 0.6 is 0 Å². The van der Waals surface area contributed by atoms with E-state index in [4.69, 9.17) is 0 Å². The first-order valence-electron chi connectivity index (χ1n) is 10.4. The molecule has 4 aromatic rings. The first kappa shape index (κ1) is 21.2. The fraction of sp³-hybridized carbons (Fsp3) is 0.261. The summed E-state index contributed by atoms with van der Waals surface area (Å²) >= 11 is 0. The molecule has 0 aliphatic carbocycles. The van der Waals surface area contributed by atoms with E-state index in [1.165, 1.54) is 11.1 Å². The van der Waals surface area contributed by atoms with Gasteiger partial charge in [-0.1, -0.05) is 30.3 Å². The molecule has 9 heteroatoms. The van der Waals surface area contributed by atoms with Crippen LogP contribution in [-0.4, -0.2) is 55.4 Å². The van der Waals surface area contributed by atoms with Crippen LogP contribution in [0.3, 0.4) is 0 Å². The lowest BCUT2D eigenvalue weighted by atomic mass is 10.0. The Balaban J connectivity index is 1.64. The molecular formula is C23H25N7O2.